The smallest absolute Gasteiger partial charge is 0.351 e. The molecular formula is C36H78NO4S+. The van der Waals surface area contributed by atoms with Gasteiger partial charge in [0.05, 0.1) is 27.3 Å². The fraction of sp³-hybridized carbons (Fsp3) is 1.00. The SMILES string of the molecule is CCCCCCCCCCCCCCCCCCOS(=O)(=O)OCCCCCCCCCCCCCCCC.C[NH2+]C. The zero-order valence-corrected chi connectivity index (χ0v) is 30.1. The number of quaternary nitrogens is 1. The van der Waals surface area contributed by atoms with Crippen LogP contribution in [0.5, 0.6) is 0 Å². The summed E-state index contributed by atoms with van der Waals surface area (Å²) in [6.45, 7) is 5.05. The van der Waals surface area contributed by atoms with Crippen LogP contribution >= 0.6 is 0 Å². The summed E-state index contributed by atoms with van der Waals surface area (Å²) < 4.78 is 33.8. The van der Waals surface area contributed by atoms with Gasteiger partial charge >= 0.3 is 10.4 Å². The molecule has 0 atom stereocenters. The van der Waals surface area contributed by atoms with Crippen LogP contribution in [0.3, 0.4) is 0 Å². The van der Waals surface area contributed by atoms with Crippen molar-refractivity contribution >= 4 is 10.4 Å². The highest BCUT2D eigenvalue weighted by Gasteiger charge is 2.11. The highest BCUT2D eigenvalue weighted by Crippen LogP contribution is 2.15. The van der Waals surface area contributed by atoms with Gasteiger partial charge in [-0.15, -0.1) is 0 Å². The predicted octanol–water partition coefficient (Wildman–Crippen LogP) is 10.8. The molecule has 0 fully saturated rings. The summed E-state index contributed by atoms with van der Waals surface area (Å²) in [5.41, 5.74) is 0. The Balaban J connectivity index is 0. The summed E-state index contributed by atoms with van der Waals surface area (Å²) in [5, 5.41) is 2.00. The average Bonchev–Trinajstić information content (AvgIpc) is 2.97. The standard InChI is InChI=1S/C34H70O4S.C2H7N/c1-3-5-7-9-11-13-15-17-19-20-22-24-26-28-30-32-34-38-39(35,36)37-33-31-29-27-25-23-21-18-16-14-12-10-8-6-4-2;1-3-2/h3-34H2,1-2H3;3H,1-2H3/p+1. The van der Waals surface area contributed by atoms with Crippen LogP contribution in [-0.4, -0.2) is 35.7 Å². The second kappa shape index (κ2) is 38.9. The van der Waals surface area contributed by atoms with E-state index in [0.717, 1.165) is 25.7 Å². The van der Waals surface area contributed by atoms with Gasteiger partial charge in [-0.1, -0.05) is 194 Å². The minimum absolute atomic E-state index is 0.249. The molecule has 0 amide bonds. The van der Waals surface area contributed by atoms with Crippen molar-refractivity contribution in [3.05, 3.63) is 0 Å². The molecule has 0 aliphatic carbocycles. The first-order chi connectivity index (χ1) is 20.5. The van der Waals surface area contributed by atoms with Gasteiger partial charge in [0.2, 0.25) is 0 Å². The van der Waals surface area contributed by atoms with Gasteiger partial charge in [-0.3, -0.25) is 0 Å². The third kappa shape index (κ3) is 42.0. The molecule has 0 radical (unpaired) electrons. The number of nitrogens with two attached hydrogens (primary N) is 1. The fourth-order valence-electron chi connectivity index (χ4n) is 5.30. The fourth-order valence-corrected chi connectivity index (χ4v) is 6.01. The summed E-state index contributed by atoms with van der Waals surface area (Å²) in [5.74, 6) is 0. The predicted molar refractivity (Wildman–Crippen MR) is 184 cm³/mol. The van der Waals surface area contributed by atoms with E-state index in [9.17, 15) is 8.42 Å². The van der Waals surface area contributed by atoms with Crippen molar-refractivity contribution in [2.75, 3.05) is 27.3 Å². The van der Waals surface area contributed by atoms with Crippen LogP contribution in [0.4, 0.5) is 0 Å². The Morgan fingerprint density at radius 1 is 0.357 bits per heavy atom. The quantitative estimate of drug-likeness (QED) is 0.0727. The van der Waals surface area contributed by atoms with Crippen LogP contribution in [-0.2, 0) is 18.8 Å². The highest BCUT2D eigenvalue weighted by molar-refractivity contribution is 7.81. The first kappa shape index (κ1) is 44.0. The maximum absolute atomic E-state index is 11.9. The van der Waals surface area contributed by atoms with E-state index in [-0.39, 0.29) is 13.2 Å². The number of hydrogen-bond donors (Lipinski definition) is 1. The molecule has 0 aromatic heterocycles. The number of rotatable bonds is 34. The van der Waals surface area contributed by atoms with Crippen molar-refractivity contribution in [2.45, 2.75) is 206 Å². The van der Waals surface area contributed by atoms with E-state index in [1.807, 2.05) is 19.4 Å². The normalized spacial score (nSPS) is 11.5. The van der Waals surface area contributed by atoms with Crippen LogP contribution in [0.15, 0.2) is 0 Å². The lowest BCUT2D eigenvalue weighted by atomic mass is 10.0. The molecule has 5 nitrogen and oxygen atoms in total. The number of unbranched alkanes of at least 4 members (excludes halogenated alkanes) is 28. The summed E-state index contributed by atoms with van der Waals surface area (Å²) in [6.07, 6.45) is 38.9. The zero-order chi connectivity index (χ0) is 31.2. The van der Waals surface area contributed by atoms with Crippen LogP contribution in [0.1, 0.15) is 206 Å². The molecule has 0 heterocycles. The van der Waals surface area contributed by atoms with Crippen LogP contribution in [0.2, 0.25) is 0 Å². The Morgan fingerprint density at radius 3 is 0.714 bits per heavy atom. The lowest BCUT2D eigenvalue weighted by molar-refractivity contribution is -0.597. The Hall–Kier alpha value is -0.170. The van der Waals surface area contributed by atoms with Gasteiger partial charge < -0.3 is 5.32 Å². The van der Waals surface area contributed by atoms with Crippen LogP contribution < -0.4 is 5.32 Å². The lowest BCUT2D eigenvalue weighted by Gasteiger charge is -2.07. The Labute approximate surface area is 265 Å². The van der Waals surface area contributed by atoms with Gasteiger partial charge in [0.15, 0.2) is 0 Å². The monoisotopic (exact) mass is 621 g/mol. The van der Waals surface area contributed by atoms with Gasteiger partial charge in [0.1, 0.15) is 0 Å². The summed E-state index contributed by atoms with van der Waals surface area (Å²) in [6, 6.07) is 0. The van der Waals surface area contributed by atoms with E-state index in [2.05, 4.69) is 13.8 Å². The third-order valence-electron chi connectivity index (χ3n) is 7.95. The molecule has 0 bridgehead atoms. The van der Waals surface area contributed by atoms with Crippen molar-refractivity contribution in [2.24, 2.45) is 0 Å². The van der Waals surface area contributed by atoms with Crippen molar-refractivity contribution in [3.63, 3.8) is 0 Å². The molecule has 0 aliphatic heterocycles. The highest BCUT2D eigenvalue weighted by atomic mass is 32.3. The molecule has 0 saturated heterocycles. The first-order valence-electron chi connectivity index (χ1n) is 18.8. The Kier molecular flexibility index (Phi) is 40.7. The van der Waals surface area contributed by atoms with E-state index < -0.39 is 10.4 Å². The van der Waals surface area contributed by atoms with Crippen LogP contribution in [0.25, 0.3) is 0 Å². The van der Waals surface area contributed by atoms with Gasteiger partial charge in [0, 0.05) is 0 Å². The maximum Gasteiger partial charge on any atom is 0.399 e. The van der Waals surface area contributed by atoms with Gasteiger partial charge in [-0.25, -0.2) is 8.37 Å². The van der Waals surface area contributed by atoms with Crippen molar-refractivity contribution in [1.29, 1.82) is 0 Å². The molecule has 0 aliphatic rings. The van der Waals surface area contributed by atoms with E-state index in [0.29, 0.717) is 0 Å². The molecule has 2 N–H and O–H groups in total. The van der Waals surface area contributed by atoms with E-state index >= 15 is 0 Å². The van der Waals surface area contributed by atoms with E-state index in [1.165, 1.54) is 167 Å². The second-order valence-corrected chi connectivity index (χ2v) is 13.8. The zero-order valence-electron chi connectivity index (χ0n) is 29.2. The molecule has 0 aromatic rings. The number of hydrogen-bond acceptors (Lipinski definition) is 4. The first-order valence-corrected chi connectivity index (χ1v) is 20.1. The second-order valence-electron chi connectivity index (χ2n) is 12.5. The molecular weight excluding hydrogens is 542 g/mol. The molecule has 0 aromatic carbocycles. The summed E-state index contributed by atoms with van der Waals surface area (Å²) in [4.78, 5) is 0. The average molecular weight is 621 g/mol. The molecule has 0 spiro atoms. The van der Waals surface area contributed by atoms with E-state index in [1.54, 1.807) is 0 Å². The van der Waals surface area contributed by atoms with Crippen LogP contribution in [0, 0.1) is 0 Å². The van der Waals surface area contributed by atoms with Gasteiger partial charge in [-0.05, 0) is 12.8 Å². The molecule has 6 heteroatoms. The third-order valence-corrected chi connectivity index (χ3v) is 8.86. The molecule has 0 rings (SSSR count). The molecule has 0 unspecified atom stereocenters. The van der Waals surface area contributed by atoms with Crippen molar-refractivity contribution < 1.29 is 22.1 Å². The van der Waals surface area contributed by atoms with E-state index in [4.69, 9.17) is 8.37 Å². The Bertz CT molecular complexity index is 571. The van der Waals surface area contributed by atoms with Crippen molar-refractivity contribution in [3.8, 4) is 0 Å². The minimum atomic E-state index is -3.82. The van der Waals surface area contributed by atoms with Crippen molar-refractivity contribution in [1.82, 2.24) is 0 Å². The van der Waals surface area contributed by atoms with Gasteiger partial charge in [-0.2, -0.15) is 8.42 Å². The Morgan fingerprint density at radius 2 is 0.524 bits per heavy atom. The van der Waals surface area contributed by atoms with Gasteiger partial charge in [0.25, 0.3) is 0 Å². The molecule has 256 valence electrons. The summed E-state index contributed by atoms with van der Waals surface area (Å²) >= 11 is 0. The maximum atomic E-state index is 11.9. The molecule has 0 saturated carbocycles. The lowest BCUT2D eigenvalue weighted by Crippen LogP contribution is -2.74. The molecule has 42 heavy (non-hydrogen) atoms. The largest absolute Gasteiger partial charge is 0.399 e. The topological polar surface area (TPSA) is 69.2 Å². The summed E-state index contributed by atoms with van der Waals surface area (Å²) in [7, 11) is 0.180. The minimum Gasteiger partial charge on any atom is -0.351 e.